The van der Waals surface area contributed by atoms with E-state index in [0.29, 0.717) is 18.5 Å². The Balaban J connectivity index is 2.39. The van der Waals surface area contributed by atoms with E-state index < -0.39 is 6.04 Å². The van der Waals surface area contributed by atoms with Gasteiger partial charge in [0.05, 0.1) is 0 Å². The van der Waals surface area contributed by atoms with Crippen molar-refractivity contribution in [3.05, 3.63) is 71.5 Å². The van der Waals surface area contributed by atoms with Gasteiger partial charge in [0.15, 0.2) is 0 Å². The SMILES string of the molecule is CC(C)C(=O)N(Cc1ccc(F)cc1)[C@H](C(=O)NCCCO)c1ccccc1. The Morgan fingerprint density at radius 3 is 2.29 bits per heavy atom. The summed E-state index contributed by atoms with van der Waals surface area (Å²) in [7, 11) is 0. The molecule has 1 atom stereocenters. The van der Waals surface area contributed by atoms with E-state index in [2.05, 4.69) is 5.32 Å². The molecule has 0 saturated heterocycles. The number of nitrogens with one attached hydrogen (secondary N) is 1. The molecule has 2 amide bonds. The highest BCUT2D eigenvalue weighted by Gasteiger charge is 2.32. The van der Waals surface area contributed by atoms with E-state index in [-0.39, 0.29) is 36.7 Å². The van der Waals surface area contributed by atoms with Crippen LogP contribution in [-0.4, -0.2) is 35.0 Å². The maximum Gasteiger partial charge on any atom is 0.247 e. The van der Waals surface area contributed by atoms with Crippen molar-refractivity contribution in [3.63, 3.8) is 0 Å². The summed E-state index contributed by atoms with van der Waals surface area (Å²) in [5.41, 5.74) is 1.43. The highest BCUT2D eigenvalue weighted by Crippen LogP contribution is 2.25. The van der Waals surface area contributed by atoms with Crippen LogP contribution in [-0.2, 0) is 16.1 Å². The molecule has 150 valence electrons. The van der Waals surface area contributed by atoms with Gasteiger partial charge in [-0.2, -0.15) is 0 Å². The number of carbonyl (C=O) groups excluding carboxylic acids is 2. The second-order valence-electron chi connectivity index (χ2n) is 6.93. The molecule has 0 bridgehead atoms. The summed E-state index contributed by atoms with van der Waals surface area (Å²) in [6, 6.07) is 14.2. The highest BCUT2D eigenvalue weighted by molar-refractivity contribution is 5.89. The molecule has 0 heterocycles. The monoisotopic (exact) mass is 386 g/mol. The minimum atomic E-state index is -0.820. The summed E-state index contributed by atoms with van der Waals surface area (Å²) in [4.78, 5) is 27.5. The summed E-state index contributed by atoms with van der Waals surface area (Å²) in [5.74, 6) is -1.14. The van der Waals surface area contributed by atoms with Crippen molar-refractivity contribution >= 4 is 11.8 Å². The van der Waals surface area contributed by atoms with E-state index in [4.69, 9.17) is 5.11 Å². The first-order chi connectivity index (χ1) is 13.4. The smallest absolute Gasteiger partial charge is 0.247 e. The Bertz CT molecular complexity index is 763. The maximum atomic E-state index is 13.3. The lowest BCUT2D eigenvalue weighted by Crippen LogP contribution is -2.45. The minimum Gasteiger partial charge on any atom is -0.396 e. The van der Waals surface area contributed by atoms with Gasteiger partial charge in [-0.15, -0.1) is 0 Å². The summed E-state index contributed by atoms with van der Waals surface area (Å²) in [6.45, 7) is 4.04. The standard InChI is InChI=1S/C22H27FN2O3/c1-16(2)22(28)25(15-17-9-11-19(23)12-10-17)20(18-7-4-3-5-8-18)21(27)24-13-6-14-26/h3-5,7-12,16,20,26H,6,13-15H2,1-2H3,(H,24,27)/t20-/m0/s1. The molecule has 0 aliphatic heterocycles. The predicted molar refractivity (Wildman–Crippen MR) is 106 cm³/mol. The van der Waals surface area contributed by atoms with Gasteiger partial charge in [0.25, 0.3) is 0 Å². The third kappa shape index (κ3) is 5.89. The third-order valence-corrected chi connectivity index (χ3v) is 4.35. The zero-order valence-electron chi connectivity index (χ0n) is 16.3. The Morgan fingerprint density at radius 1 is 1.07 bits per heavy atom. The van der Waals surface area contributed by atoms with Crippen molar-refractivity contribution in [1.82, 2.24) is 10.2 Å². The molecule has 0 aliphatic carbocycles. The van der Waals surface area contributed by atoms with Gasteiger partial charge in [0, 0.05) is 25.6 Å². The Hall–Kier alpha value is -2.73. The Kier molecular flexibility index (Phi) is 8.14. The lowest BCUT2D eigenvalue weighted by Gasteiger charge is -2.33. The van der Waals surface area contributed by atoms with E-state index in [1.54, 1.807) is 26.0 Å². The van der Waals surface area contributed by atoms with Crippen LogP contribution in [0.4, 0.5) is 4.39 Å². The molecule has 28 heavy (non-hydrogen) atoms. The predicted octanol–water partition coefficient (Wildman–Crippen LogP) is 3.05. The van der Waals surface area contributed by atoms with Gasteiger partial charge in [0.2, 0.25) is 11.8 Å². The lowest BCUT2D eigenvalue weighted by molar-refractivity contribution is -0.144. The Labute approximate surface area is 165 Å². The second kappa shape index (κ2) is 10.6. The summed E-state index contributed by atoms with van der Waals surface area (Å²) in [5, 5.41) is 11.8. The number of hydrogen-bond donors (Lipinski definition) is 2. The molecule has 0 saturated carbocycles. The number of halogens is 1. The molecule has 2 aromatic carbocycles. The fourth-order valence-electron chi connectivity index (χ4n) is 2.91. The van der Waals surface area contributed by atoms with Gasteiger partial charge >= 0.3 is 0 Å². The number of benzene rings is 2. The molecular weight excluding hydrogens is 359 g/mol. The summed E-state index contributed by atoms with van der Waals surface area (Å²) in [6.07, 6.45) is 0.434. The van der Waals surface area contributed by atoms with Gasteiger partial charge in [-0.3, -0.25) is 9.59 Å². The van der Waals surface area contributed by atoms with Gasteiger partial charge < -0.3 is 15.3 Å². The summed E-state index contributed by atoms with van der Waals surface area (Å²) >= 11 is 0. The second-order valence-corrected chi connectivity index (χ2v) is 6.93. The van der Waals surface area contributed by atoms with E-state index >= 15 is 0 Å². The van der Waals surface area contributed by atoms with Gasteiger partial charge in [-0.25, -0.2) is 4.39 Å². The maximum absolute atomic E-state index is 13.3. The molecular formula is C22H27FN2O3. The van der Waals surface area contributed by atoms with Crippen LogP contribution in [0.5, 0.6) is 0 Å². The number of aliphatic hydroxyl groups is 1. The topological polar surface area (TPSA) is 69.6 Å². The number of aliphatic hydroxyl groups excluding tert-OH is 1. The van der Waals surface area contributed by atoms with Gasteiger partial charge in [0.1, 0.15) is 11.9 Å². The van der Waals surface area contributed by atoms with Crippen LogP contribution < -0.4 is 5.32 Å². The van der Waals surface area contributed by atoms with E-state index in [9.17, 15) is 14.0 Å². The third-order valence-electron chi connectivity index (χ3n) is 4.35. The van der Waals surface area contributed by atoms with Crippen molar-refractivity contribution in [2.45, 2.75) is 32.9 Å². The van der Waals surface area contributed by atoms with Crippen LogP contribution in [0.2, 0.25) is 0 Å². The fraction of sp³-hybridized carbons (Fsp3) is 0.364. The number of amides is 2. The summed E-state index contributed by atoms with van der Waals surface area (Å²) < 4.78 is 13.3. The molecule has 0 aromatic heterocycles. The van der Waals surface area contributed by atoms with E-state index in [0.717, 1.165) is 5.56 Å². The van der Waals surface area contributed by atoms with Crippen molar-refractivity contribution in [2.75, 3.05) is 13.2 Å². The van der Waals surface area contributed by atoms with Gasteiger partial charge in [-0.1, -0.05) is 56.3 Å². The van der Waals surface area contributed by atoms with Crippen molar-refractivity contribution in [2.24, 2.45) is 5.92 Å². The average molecular weight is 386 g/mol. The molecule has 2 N–H and O–H groups in total. The molecule has 0 fully saturated rings. The molecule has 2 rings (SSSR count). The lowest BCUT2D eigenvalue weighted by atomic mass is 10.0. The van der Waals surface area contributed by atoms with Crippen LogP contribution >= 0.6 is 0 Å². The zero-order valence-corrected chi connectivity index (χ0v) is 16.3. The number of rotatable bonds is 9. The fourth-order valence-corrected chi connectivity index (χ4v) is 2.91. The number of carbonyl (C=O) groups is 2. The highest BCUT2D eigenvalue weighted by atomic mass is 19.1. The molecule has 0 spiro atoms. The normalized spacial score (nSPS) is 11.9. The quantitative estimate of drug-likeness (QED) is 0.651. The number of hydrogen-bond acceptors (Lipinski definition) is 3. The van der Waals surface area contributed by atoms with E-state index in [1.165, 1.54) is 17.0 Å². The number of nitrogens with zero attached hydrogens (tertiary/aromatic N) is 1. The average Bonchev–Trinajstić information content (AvgIpc) is 2.69. The van der Waals surface area contributed by atoms with Gasteiger partial charge in [-0.05, 0) is 29.7 Å². The largest absolute Gasteiger partial charge is 0.396 e. The first kappa shape index (κ1) is 21.6. The molecule has 6 heteroatoms. The van der Waals surface area contributed by atoms with Crippen molar-refractivity contribution < 1.29 is 19.1 Å². The van der Waals surface area contributed by atoms with Crippen molar-refractivity contribution in [1.29, 1.82) is 0 Å². The first-order valence-electron chi connectivity index (χ1n) is 9.42. The molecule has 5 nitrogen and oxygen atoms in total. The zero-order chi connectivity index (χ0) is 20.5. The van der Waals surface area contributed by atoms with Crippen LogP contribution in [0.15, 0.2) is 54.6 Å². The van der Waals surface area contributed by atoms with Crippen LogP contribution in [0.3, 0.4) is 0 Å². The molecule has 0 unspecified atom stereocenters. The molecule has 2 aromatic rings. The van der Waals surface area contributed by atoms with E-state index in [1.807, 2.05) is 30.3 Å². The van der Waals surface area contributed by atoms with Crippen LogP contribution in [0, 0.1) is 11.7 Å². The molecule has 0 radical (unpaired) electrons. The Morgan fingerprint density at radius 2 is 1.71 bits per heavy atom. The minimum absolute atomic E-state index is 0.0273. The van der Waals surface area contributed by atoms with Crippen molar-refractivity contribution in [3.8, 4) is 0 Å². The first-order valence-corrected chi connectivity index (χ1v) is 9.42. The van der Waals surface area contributed by atoms with Crippen LogP contribution in [0.25, 0.3) is 0 Å². The van der Waals surface area contributed by atoms with Crippen LogP contribution in [0.1, 0.15) is 37.4 Å². The molecule has 0 aliphatic rings.